The fraction of sp³-hybridized carbons (Fsp3) is 0.375. The molecule has 2 aromatic rings. The maximum atomic E-state index is 10.8. The Hall–Kier alpha value is -2.43. The number of nitrogens with zero attached hydrogens (tertiary/aromatic N) is 1. The number of hydrogen-bond acceptors (Lipinski definition) is 4. The second-order valence-electron chi connectivity index (χ2n) is 8.32. The van der Waals surface area contributed by atoms with Gasteiger partial charge in [0.15, 0.2) is 6.29 Å². The van der Waals surface area contributed by atoms with Gasteiger partial charge in [-0.3, -0.25) is 4.99 Å². The van der Waals surface area contributed by atoms with Crippen LogP contribution in [0.15, 0.2) is 59.2 Å². The molecular weight excluding hydrogens is 348 g/mol. The van der Waals surface area contributed by atoms with Crippen LogP contribution < -0.4 is 5.73 Å². The van der Waals surface area contributed by atoms with E-state index in [1.165, 1.54) is 18.1 Å². The lowest BCUT2D eigenvalue weighted by atomic mass is 9.65. The number of methoxy groups -OCH3 is 1. The number of hydrogen-bond donors (Lipinski definition) is 2. The molecule has 0 aromatic heterocycles. The van der Waals surface area contributed by atoms with E-state index in [4.69, 9.17) is 15.5 Å². The normalized spacial score (nSPS) is 24.0. The summed E-state index contributed by atoms with van der Waals surface area (Å²) in [6.45, 7) is 10.3. The van der Waals surface area contributed by atoms with Crippen LogP contribution in [0.4, 0.5) is 0 Å². The van der Waals surface area contributed by atoms with Crippen LogP contribution in [0.1, 0.15) is 49.8 Å². The van der Waals surface area contributed by atoms with Gasteiger partial charge in [0.25, 0.3) is 0 Å². The van der Waals surface area contributed by atoms with Gasteiger partial charge in [-0.25, -0.2) is 0 Å². The van der Waals surface area contributed by atoms with Gasteiger partial charge in [0, 0.05) is 23.8 Å². The quantitative estimate of drug-likeness (QED) is 0.622. The molecule has 4 nitrogen and oxygen atoms in total. The molecule has 3 atom stereocenters. The van der Waals surface area contributed by atoms with E-state index in [9.17, 15) is 5.11 Å². The number of rotatable bonds is 4. The Morgan fingerprint density at radius 2 is 2.07 bits per heavy atom. The van der Waals surface area contributed by atoms with Crippen molar-refractivity contribution in [2.45, 2.75) is 50.9 Å². The highest BCUT2D eigenvalue weighted by molar-refractivity contribution is 6.19. The van der Waals surface area contributed by atoms with Gasteiger partial charge in [0.1, 0.15) is 0 Å². The number of ether oxygens (including phenoxy) is 1. The molecule has 28 heavy (non-hydrogen) atoms. The molecule has 4 heteroatoms. The van der Waals surface area contributed by atoms with Crippen molar-refractivity contribution < 1.29 is 9.84 Å². The van der Waals surface area contributed by atoms with Gasteiger partial charge in [0.2, 0.25) is 0 Å². The molecule has 0 bridgehead atoms. The molecule has 0 fully saturated rings. The Balaban J connectivity index is 2.16. The fourth-order valence-electron chi connectivity index (χ4n) is 4.93. The Morgan fingerprint density at radius 1 is 1.36 bits per heavy atom. The Morgan fingerprint density at radius 3 is 2.75 bits per heavy atom. The van der Waals surface area contributed by atoms with Crippen molar-refractivity contribution in [3.8, 4) is 0 Å². The summed E-state index contributed by atoms with van der Waals surface area (Å²) in [7, 11) is 1.54. The van der Waals surface area contributed by atoms with Crippen molar-refractivity contribution in [3.05, 3.63) is 70.9 Å². The summed E-state index contributed by atoms with van der Waals surface area (Å²) in [4.78, 5) is 5.07. The van der Waals surface area contributed by atoms with E-state index >= 15 is 0 Å². The van der Waals surface area contributed by atoms with E-state index in [-0.39, 0.29) is 17.4 Å². The zero-order valence-corrected chi connectivity index (χ0v) is 17.0. The summed E-state index contributed by atoms with van der Waals surface area (Å²) in [6, 6.07) is 10.4. The van der Waals surface area contributed by atoms with Gasteiger partial charge in [0.05, 0.1) is 17.7 Å². The van der Waals surface area contributed by atoms with Crippen LogP contribution >= 0.6 is 0 Å². The molecule has 0 amide bonds. The molecule has 2 aromatic carbocycles. The van der Waals surface area contributed by atoms with Gasteiger partial charge in [-0.05, 0) is 46.9 Å². The summed E-state index contributed by atoms with van der Waals surface area (Å²) in [5, 5.41) is 13.1. The minimum Gasteiger partial charge on any atom is -0.401 e. The molecule has 0 radical (unpaired) electrons. The molecule has 0 saturated carbocycles. The number of benzene rings is 2. The van der Waals surface area contributed by atoms with Crippen LogP contribution in [-0.2, 0) is 10.2 Å². The van der Waals surface area contributed by atoms with Gasteiger partial charge in [-0.15, -0.1) is 6.58 Å². The van der Waals surface area contributed by atoms with Crippen LogP contribution in [0.5, 0.6) is 0 Å². The molecule has 146 valence electrons. The molecule has 3 unspecified atom stereocenters. The fourth-order valence-corrected chi connectivity index (χ4v) is 4.93. The van der Waals surface area contributed by atoms with E-state index in [1.807, 2.05) is 12.1 Å². The van der Waals surface area contributed by atoms with Crippen LogP contribution in [0.25, 0.3) is 10.8 Å². The molecule has 1 aliphatic carbocycles. The highest BCUT2D eigenvalue weighted by atomic mass is 16.6. The van der Waals surface area contributed by atoms with Crippen LogP contribution in [0.3, 0.4) is 0 Å². The van der Waals surface area contributed by atoms with Crippen molar-refractivity contribution in [3.63, 3.8) is 0 Å². The van der Waals surface area contributed by atoms with E-state index in [2.05, 4.69) is 51.6 Å². The molecule has 4 rings (SSSR count). The average Bonchev–Trinajstić information content (AvgIpc) is 2.69. The summed E-state index contributed by atoms with van der Waals surface area (Å²) in [5.74, 6) is -0.256. The van der Waals surface area contributed by atoms with Gasteiger partial charge in [-0.2, -0.15) is 0 Å². The van der Waals surface area contributed by atoms with Crippen molar-refractivity contribution in [1.29, 1.82) is 0 Å². The van der Waals surface area contributed by atoms with Crippen LogP contribution in [0, 0.1) is 0 Å². The monoisotopic (exact) mass is 376 g/mol. The highest BCUT2D eigenvalue weighted by Crippen LogP contribution is 2.49. The summed E-state index contributed by atoms with van der Waals surface area (Å²) in [5.41, 5.74) is 12.5. The Kier molecular flexibility index (Phi) is 4.44. The SMILES string of the molecule is C=CCC1N=C2C(C)=C(N)C(C)(C)c3c2c(cc2ccccc32)C1C(O)OC. The van der Waals surface area contributed by atoms with E-state index in [0.717, 1.165) is 33.5 Å². The number of fused-ring (bicyclic) bond motifs is 2. The Bertz CT molecular complexity index is 1030. The first kappa shape index (κ1) is 18.9. The first-order chi connectivity index (χ1) is 13.3. The highest BCUT2D eigenvalue weighted by Gasteiger charge is 2.44. The number of aliphatic hydroxyl groups excluding tert-OH is 1. The number of aliphatic imine (C=N–C) groups is 1. The van der Waals surface area contributed by atoms with Crippen LogP contribution in [-0.4, -0.2) is 30.3 Å². The minimum atomic E-state index is -0.938. The van der Waals surface area contributed by atoms with E-state index < -0.39 is 6.29 Å². The third-order valence-corrected chi connectivity index (χ3v) is 6.40. The van der Waals surface area contributed by atoms with Crippen molar-refractivity contribution >= 4 is 16.5 Å². The standard InChI is InChI=1S/C24H28N2O2/c1-6-9-17-18(23(27)28-5)16-12-14-10-7-8-11-15(14)20-19(16)21(26-17)13(2)22(25)24(20,3)4/h6-8,10-12,17-18,23,27H,1,9,25H2,2-5H3. The van der Waals surface area contributed by atoms with Crippen LogP contribution in [0.2, 0.25) is 0 Å². The van der Waals surface area contributed by atoms with Gasteiger partial charge in [-0.1, -0.05) is 44.2 Å². The molecule has 0 saturated heterocycles. The summed E-state index contributed by atoms with van der Waals surface area (Å²) >= 11 is 0. The third-order valence-electron chi connectivity index (χ3n) is 6.40. The van der Waals surface area contributed by atoms with Gasteiger partial charge >= 0.3 is 0 Å². The molecule has 2 aliphatic rings. The van der Waals surface area contributed by atoms with Crippen molar-refractivity contribution in [2.75, 3.05) is 7.11 Å². The molecule has 0 spiro atoms. The molecule has 1 heterocycles. The second kappa shape index (κ2) is 6.57. The molecule has 1 aliphatic heterocycles. The zero-order chi connectivity index (χ0) is 20.2. The third kappa shape index (κ3) is 2.48. The lowest BCUT2D eigenvalue weighted by Gasteiger charge is -2.42. The van der Waals surface area contributed by atoms with E-state index in [1.54, 1.807) is 0 Å². The lowest BCUT2D eigenvalue weighted by molar-refractivity contribution is -0.0959. The maximum Gasteiger partial charge on any atom is 0.163 e. The average molecular weight is 377 g/mol. The molecule has 3 N–H and O–H groups in total. The predicted octanol–water partition coefficient (Wildman–Crippen LogP) is 4.16. The second-order valence-corrected chi connectivity index (χ2v) is 8.32. The van der Waals surface area contributed by atoms with E-state index in [0.29, 0.717) is 6.42 Å². The predicted molar refractivity (Wildman–Crippen MR) is 115 cm³/mol. The maximum absolute atomic E-state index is 10.8. The molecular formula is C24H28N2O2. The Labute approximate surface area is 166 Å². The number of aliphatic hydroxyl groups is 1. The number of allylic oxidation sites excluding steroid dienone is 2. The largest absolute Gasteiger partial charge is 0.401 e. The van der Waals surface area contributed by atoms with Crippen molar-refractivity contribution in [2.24, 2.45) is 10.7 Å². The number of nitrogens with two attached hydrogens (primary N) is 1. The zero-order valence-electron chi connectivity index (χ0n) is 17.0. The first-order valence-corrected chi connectivity index (χ1v) is 9.76. The topological polar surface area (TPSA) is 67.8 Å². The minimum absolute atomic E-state index is 0.145. The summed E-state index contributed by atoms with van der Waals surface area (Å²) < 4.78 is 5.38. The van der Waals surface area contributed by atoms with Gasteiger partial charge < -0.3 is 15.6 Å². The lowest BCUT2D eigenvalue weighted by Crippen LogP contribution is -2.41. The summed E-state index contributed by atoms with van der Waals surface area (Å²) in [6.07, 6.45) is 1.58. The first-order valence-electron chi connectivity index (χ1n) is 9.76. The van der Waals surface area contributed by atoms with Crippen molar-refractivity contribution in [1.82, 2.24) is 0 Å². The smallest absolute Gasteiger partial charge is 0.163 e.